The Balaban J connectivity index is 2.20. The van der Waals surface area contributed by atoms with Gasteiger partial charge in [0.2, 0.25) is 5.91 Å². The van der Waals surface area contributed by atoms with Gasteiger partial charge in [-0.05, 0) is 38.1 Å². The molecule has 0 saturated carbocycles. The molecule has 1 amide bonds. The first-order chi connectivity index (χ1) is 9.33. The van der Waals surface area contributed by atoms with Crippen LogP contribution in [0.5, 0.6) is 0 Å². The molecule has 2 rings (SSSR count). The summed E-state index contributed by atoms with van der Waals surface area (Å²) in [4.78, 5) is 12.3. The Bertz CT molecular complexity index is 493. The lowest BCUT2D eigenvalue weighted by Crippen LogP contribution is -2.43. The molecular weight excluding hydrogens is 269 g/mol. The van der Waals surface area contributed by atoms with Crippen molar-refractivity contribution in [2.75, 3.05) is 18.4 Å². The molecule has 0 bridgehead atoms. The largest absolute Gasteiger partial charge is 0.418 e. The van der Waals surface area contributed by atoms with E-state index in [1.54, 1.807) is 6.92 Å². The van der Waals surface area contributed by atoms with Crippen LogP contribution in [0.4, 0.5) is 18.9 Å². The summed E-state index contributed by atoms with van der Waals surface area (Å²) in [5.41, 5.74) is -1.61. The van der Waals surface area contributed by atoms with E-state index in [1.165, 1.54) is 18.2 Å². The number of rotatable bonds is 2. The fourth-order valence-corrected chi connectivity index (χ4v) is 2.32. The number of nitrogens with one attached hydrogen (secondary N) is 2. The van der Waals surface area contributed by atoms with Gasteiger partial charge in [0, 0.05) is 5.41 Å². The molecule has 110 valence electrons. The molecule has 1 heterocycles. The van der Waals surface area contributed by atoms with Gasteiger partial charge in [-0.25, -0.2) is 0 Å². The molecule has 1 saturated heterocycles. The summed E-state index contributed by atoms with van der Waals surface area (Å²) >= 11 is 0. The minimum atomic E-state index is -4.47. The van der Waals surface area contributed by atoms with Gasteiger partial charge < -0.3 is 10.6 Å². The molecule has 1 aliphatic rings. The van der Waals surface area contributed by atoms with Crippen molar-refractivity contribution in [3.8, 4) is 0 Å². The highest BCUT2D eigenvalue weighted by atomic mass is 19.4. The topological polar surface area (TPSA) is 41.1 Å². The van der Waals surface area contributed by atoms with Crippen LogP contribution < -0.4 is 10.6 Å². The number of carbonyl (C=O) groups excluding carboxylic acids is 1. The molecule has 3 nitrogen and oxygen atoms in total. The van der Waals surface area contributed by atoms with Gasteiger partial charge in [-0.1, -0.05) is 19.1 Å². The second-order valence-electron chi connectivity index (χ2n) is 5.31. The molecule has 0 aromatic heterocycles. The van der Waals surface area contributed by atoms with Crippen molar-refractivity contribution in [3.63, 3.8) is 0 Å². The van der Waals surface area contributed by atoms with E-state index < -0.39 is 17.2 Å². The number of amides is 1. The third kappa shape index (κ3) is 3.12. The predicted octanol–water partition coefficient (Wildman–Crippen LogP) is 3.03. The zero-order valence-corrected chi connectivity index (χ0v) is 11.2. The molecule has 0 radical (unpaired) electrons. The molecule has 1 aromatic carbocycles. The zero-order valence-electron chi connectivity index (χ0n) is 11.2. The van der Waals surface area contributed by atoms with Crippen molar-refractivity contribution in [2.45, 2.75) is 25.9 Å². The van der Waals surface area contributed by atoms with Gasteiger partial charge in [-0.15, -0.1) is 0 Å². The van der Waals surface area contributed by atoms with E-state index in [-0.39, 0.29) is 11.6 Å². The van der Waals surface area contributed by atoms with Crippen LogP contribution >= 0.6 is 0 Å². The van der Waals surface area contributed by atoms with E-state index in [1.807, 2.05) is 0 Å². The van der Waals surface area contributed by atoms with Gasteiger partial charge in [0.1, 0.15) is 0 Å². The van der Waals surface area contributed by atoms with Crippen LogP contribution in [0.2, 0.25) is 0 Å². The third-order valence-electron chi connectivity index (χ3n) is 3.74. The van der Waals surface area contributed by atoms with Gasteiger partial charge in [-0.2, -0.15) is 13.2 Å². The zero-order chi connectivity index (χ0) is 14.8. The smallest absolute Gasteiger partial charge is 0.325 e. The summed E-state index contributed by atoms with van der Waals surface area (Å²) < 4.78 is 38.6. The number of hydrogen-bond acceptors (Lipinski definition) is 2. The van der Waals surface area contributed by atoms with Crippen LogP contribution in [-0.2, 0) is 11.0 Å². The lowest BCUT2D eigenvalue weighted by Gasteiger charge is -2.32. The first-order valence-electron chi connectivity index (χ1n) is 6.51. The molecule has 0 spiro atoms. The SMILES string of the molecule is CC1(C(=O)Nc2ccccc2C(F)(F)F)CCNCC1. The Kier molecular flexibility index (Phi) is 4.04. The fraction of sp³-hybridized carbons (Fsp3) is 0.500. The summed E-state index contributed by atoms with van der Waals surface area (Å²) in [6.45, 7) is 3.19. The second kappa shape index (κ2) is 5.44. The average Bonchev–Trinajstić information content (AvgIpc) is 2.39. The maximum atomic E-state index is 12.9. The van der Waals surface area contributed by atoms with Crippen molar-refractivity contribution in [1.82, 2.24) is 5.32 Å². The van der Waals surface area contributed by atoms with Gasteiger partial charge in [-0.3, -0.25) is 4.79 Å². The Morgan fingerprint density at radius 1 is 1.25 bits per heavy atom. The van der Waals surface area contributed by atoms with E-state index in [9.17, 15) is 18.0 Å². The summed E-state index contributed by atoms with van der Waals surface area (Å²) in [7, 11) is 0. The molecule has 1 aromatic rings. The highest BCUT2D eigenvalue weighted by molar-refractivity contribution is 5.95. The van der Waals surface area contributed by atoms with Crippen molar-refractivity contribution < 1.29 is 18.0 Å². The van der Waals surface area contributed by atoms with Crippen LogP contribution in [0.25, 0.3) is 0 Å². The maximum Gasteiger partial charge on any atom is 0.418 e. The Morgan fingerprint density at radius 2 is 1.85 bits per heavy atom. The number of piperidine rings is 1. The minimum Gasteiger partial charge on any atom is -0.325 e. The molecule has 0 atom stereocenters. The van der Waals surface area contributed by atoms with Gasteiger partial charge in [0.15, 0.2) is 0 Å². The van der Waals surface area contributed by atoms with Crippen LogP contribution in [-0.4, -0.2) is 19.0 Å². The molecule has 20 heavy (non-hydrogen) atoms. The van der Waals surface area contributed by atoms with Crippen LogP contribution in [0.15, 0.2) is 24.3 Å². The summed E-state index contributed by atoms with van der Waals surface area (Å²) in [5, 5.41) is 5.57. The average molecular weight is 286 g/mol. The van der Waals surface area contributed by atoms with Crippen LogP contribution in [0.3, 0.4) is 0 Å². The molecule has 6 heteroatoms. The quantitative estimate of drug-likeness (QED) is 0.877. The normalized spacial score (nSPS) is 18.6. The number of para-hydroxylation sites is 1. The second-order valence-corrected chi connectivity index (χ2v) is 5.31. The number of halogens is 3. The Morgan fingerprint density at radius 3 is 2.45 bits per heavy atom. The highest BCUT2D eigenvalue weighted by Crippen LogP contribution is 2.36. The molecule has 1 fully saturated rings. The standard InChI is InChI=1S/C14H17F3N2O/c1-13(6-8-18-9-7-13)12(20)19-11-5-3-2-4-10(11)14(15,16)17/h2-5,18H,6-9H2,1H3,(H,19,20). The summed E-state index contributed by atoms with van der Waals surface area (Å²) in [5.74, 6) is -0.351. The molecule has 0 unspecified atom stereocenters. The molecular formula is C14H17F3N2O. The highest BCUT2D eigenvalue weighted by Gasteiger charge is 2.37. The monoisotopic (exact) mass is 286 g/mol. The molecule has 0 aliphatic carbocycles. The van der Waals surface area contributed by atoms with Crippen molar-refractivity contribution in [1.29, 1.82) is 0 Å². The van der Waals surface area contributed by atoms with Crippen LogP contribution in [0.1, 0.15) is 25.3 Å². The van der Waals surface area contributed by atoms with Crippen molar-refractivity contribution in [3.05, 3.63) is 29.8 Å². The number of hydrogen-bond donors (Lipinski definition) is 2. The lowest BCUT2D eigenvalue weighted by molar-refractivity contribution is -0.137. The number of anilines is 1. The van der Waals surface area contributed by atoms with E-state index in [0.717, 1.165) is 6.07 Å². The number of carbonyl (C=O) groups is 1. The number of benzene rings is 1. The molecule has 1 aliphatic heterocycles. The van der Waals surface area contributed by atoms with Gasteiger partial charge in [0.05, 0.1) is 11.3 Å². The Hall–Kier alpha value is -1.56. The van der Waals surface area contributed by atoms with E-state index >= 15 is 0 Å². The molecule has 2 N–H and O–H groups in total. The first kappa shape index (κ1) is 14.8. The summed E-state index contributed by atoms with van der Waals surface area (Å²) in [6, 6.07) is 5.05. The van der Waals surface area contributed by atoms with Gasteiger partial charge in [0.25, 0.3) is 0 Å². The first-order valence-corrected chi connectivity index (χ1v) is 6.51. The van der Waals surface area contributed by atoms with Crippen LogP contribution in [0, 0.1) is 5.41 Å². The maximum absolute atomic E-state index is 12.9. The lowest BCUT2D eigenvalue weighted by atomic mass is 9.80. The third-order valence-corrected chi connectivity index (χ3v) is 3.74. The fourth-order valence-electron chi connectivity index (χ4n) is 2.32. The van der Waals surface area contributed by atoms with Gasteiger partial charge >= 0.3 is 6.18 Å². The van der Waals surface area contributed by atoms with E-state index in [0.29, 0.717) is 25.9 Å². The summed E-state index contributed by atoms with van der Waals surface area (Å²) in [6.07, 6.45) is -3.24. The van der Waals surface area contributed by atoms with E-state index in [4.69, 9.17) is 0 Å². The Labute approximate surface area is 115 Å². The van der Waals surface area contributed by atoms with Crippen molar-refractivity contribution in [2.24, 2.45) is 5.41 Å². The number of alkyl halides is 3. The predicted molar refractivity (Wildman–Crippen MR) is 70.3 cm³/mol. The van der Waals surface area contributed by atoms with E-state index in [2.05, 4.69) is 10.6 Å². The van der Waals surface area contributed by atoms with Crippen molar-refractivity contribution >= 4 is 11.6 Å². The minimum absolute atomic E-state index is 0.176.